The van der Waals surface area contributed by atoms with Crippen molar-refractivity contribution in [3.8, 4) is 5.75 Å². The van der Waals surface area contributed by atoms with E-state index < -0.39 is 43.4 Å². The summed E-state index contributed by atoms with van der Waals surface area (Å²) in [5.41, 5.74) is -1.97. The molecule has 1 aromatic heterocycles. The Labute approximate surface area is 142 Å². The number of nitrogens with zero attached hydrogens (tertiary/aromatic N) is 4. The molecule has 3 N–H and O–H groups in total. The fourth-order valence-corrected chi connectivity index (χ4v) is 2.47. The molecule has 12 nitrogen and oxygen atoms in total. The summed E-state index contributed by atoms with van der Waals surface area (Å²) in [6, 6.07) is 1.41. The maximum atomic E-state index is 11.4. The van der Waals surface area contributed by atoms with Crippen molar-refractivity contribution in [2.24, 2.45) is 0 Å². The summed E-state index contributed by atoms with van der Waals surface area (Å²) in [6.45, 7) is 1.59. The van der Waals surface area contributed by atoms with Gasteiger partial charge < -0.3 is 10.2 Å². The van der Waals surface area contributed by atoms with Crippen molar-refractivity contribution in [1.29, 1.82) is 0 Å². The monoisotopic (exact) mass is 367 g/mol. The number of hydrogen-bond acceptors (Lipinski definition) is 9. The molecule has 0 saturated carbocycles. The molecule has 1 aromatic carbocycles. The van der Waals surface area contributed by atoms with Gasteiger partial charge in [-0.05, 0) is 24.8 Å². The number of aryl methyl sites for hydroxylation is 1. The number of aliphatic carboxylic acids is 1. The number of phenolic OH excluding ortho intramolecular Hbond substituents is 1. The van der Waals surface area contributed by atoms with E-state index in [0.717, 1.165) is 12.1 Å². The van der Waals surface area contributed by atoms with Gasteiger partial charge in [-0.25, -0.2) is 9.78 Å². The number of non-ortho nitro benzene ring substituents is 1. The molecule has 13 heteroatoms. The fraction of sp³-hybridized carbons (Fsp3) is 0.0833. The normalized spacial score (nSPS) is 11.3. The number of hydrogen-bond donors (Lipinski definition) is 3. The first-order chi connectivity index (χ1) is 11.7. The van der Waals surface area contributed by atoms with Crippen molar-refractivity contribution >= 4 is 35.2 Å². The largest absolute Gasteiger partial charge is 0.502 e. The molecule has 0 unspecified atom stereocenters. The molecular weight excluding hydrogens is 358 g/mol. The Balaban J connectivity index is 2.56. The first-order valence-corrected chi connectivity index (χ1v) is 7.18. The number of phenols is 1. The van der Waals surface area contributed by atoms with Crippen LogP contribution in [0.2, 0.25) is 0 Å². The molecule has 0 aliphatic rings. The summed E-state index contributed by atoms with van der Waals surface area (Å²) in [6.07, 6.45) is 0.869. The summed E-state index contributed by atoms with van der Waals surface area (Å²) in [7, 11) is 0. The lowest BCUT2D eigenvalue weighted by Gasteiger charge is -2.03. The predicted molar refractivity (Wildman–Crippen MR) is 84.0 cm³/mol. The molecule has 0 amide bonds. The highest BCUT2D eigenvalue weighted by Crippen LogP contribution is 2.37. The molecule has 0 aliphatic carbocycles. The van der Waals surface area contributed by atoms with Gasteiger partial charge in [-0.2, -0.15) is 0 Å². The zero-order chi connectivity index (χ0) is 18.7. The van der Waals surface area contributed by atoms with Crippen molar-refractivity contribution < 1.29 is 24.9 Å². The molecule has 0 fully saturated rings. The third-order valence-corrected chi connectivity index (χ3v) is 3.66. The van der Waals surface area contributed by atoms with Crippen LogP contribution in [0.4, 0.5) is 11.4 Å². The number of carboxylic acid groups (broad SMARTS) is 1. The number of rotatable bonds is 6. The van der Waals surface area contributed by atoms with Gasteiger partial charge in [-0.15, -0.1) is 5.10 Å². The van der Waals surface area contributed by atoms with Crippen LogP contribution in [0, 0.1) is 27.2 Å². The van der Waals surface area contributed by atoms with Crippen molar-refractivity contribution in [3.63, 3.8) is 0 Å². The smallest absolute Gasteiger partial charge is 0.342 e. The second-order valence-electron chi connectivity index (χ2n) is 4.54. The molecule has 0 atom stereocenters. The van der Waals surface area contributed by atoms with E-state index in [1.165, 1.54) is 0 Å². The number of nitro benzene ring substituents is 2. The van der Waals surface area contributed by atoms with Gasteiger partial charge in [-0.1, -0.05) is 0 Å². The third-order valence-electron chi connectivity index (χ3n) is 2.79. The molecule has 25 heavy (non-hydrogen) atoms. The molecule has 0 bridgehead atoms. The lowest BCUT2D eigenvalue weighted by Crippen LogP contribution is -1.99. The van der Waals surface area contributed by atoms with Gasteiger partial charge in [0.1, 0.15) is 10.7 Å². The van der Waals surface area contributed by atoms with Crippen molar-refractivity contribution in [1.82, 2.24) is 15.2 Å². The molecule has 0 radical (unpaired) electrons. The van der Waals surface area contributed by atoms with E-state index >= 15 is 0 Å². The van der Waals surface area contributed by atoms with Crippen molar-refractivity contribution in [2.45, 2.75) is 12.1 Å². The van der Waals surface area contributed by atoms with Crippen molar-refractivity contribution in [3.05, 3.63) is 48.7 Å². The minimum atomic E-state index is -1.43. The van der Waals surface area contributed by atoms with E-state index in [1.54, 1.807) is 6.92 Å². The van der Waals surface area contributed by atoms with Gasteiger partial charge in [0.15, 0.2) is 0 Å². The number of thioether (sulfide) groups is 1. The highest BCUT2D eigenvalue weighted by molar-refractivity contribution is 8.04. The Morgan fingerprint density at radius 1 is 1.32 bits per heavy atom. The Hall–Kier alpha value is -3.48. The number of nitrogens with one attached hydrogen (secondary N) is 1. The van der Waals surface area contributed by atoms with Crippen LogP contribution in [0.25, 0.3) is 6.08 Å². The van der Waals surface area contributed by atoms with Gasteiger partial charge in [-0.3, -0.25) is 25.3 Å². The number of aromatic nitrogens is 3. The summed E-state index contributed by atoms with van der Waals surface area (Å²) in [5.74, 6) is -1.89. The third kappa shape index (κ3) is 4.08. The van der Waals surface area contributed by atoms with Crippen LogP contribution in [0.1, 0.15) is 11.4 Å². The summed E-state index contributed by atoms with van der Waals surface area (Å²) < 4.78 is 0. The van der Waals surface area contributed by atoms with Crippen LogP contribution >= 0.6 is 11.8 Å². The number of benzene rings is 1. The first kappa shape index (κ1) is 17.9. The molecular formula is C12H9N5O7S. The lowest BCUT2D eigenvalue weighted by molar-refractivity contribution is -0.394. The Kier molecular flexibility index (Phi) is 4.97. The van der Waals surface area contributed by atoms with E-state index in [4.69, 9.17) is 0 Å². The Morgan fingerprint density at radius 2 is 2.00 bits per heavy atom. The predicted octanol–water partition coefficient (Wildman–Crippen LogP) is 1.85. The zero-order valence-electron chi connectivity index (χ0n) is 12.4. The molecule has 0 spiro atoms. The van der Waals surface area contributed by atoms with Gasteiger partial charge >= 0.3 is 11.7 Å². The number of H-pyrrole nitrogens is 1. The quantitative estimate of drug-likeness (QED) is 0.294. The SMILES string of the molecule is Cc1nc(S/C(=C\c2cc([N+](=O)[O-])cc([N+](=O)[O-])c2O)C(=O)O)n[nH]1. The summed E-state index contributed by atoms with van der Waals surface area (Å²) in [4.78, 5) is 34.8. The second-order valence-corrected chi connectivity index (χ2v) is 5.55. The van der Waals surface area contributed by atoms with Crippen LogP contribution in [0.5, 0.6) is 5.75 Å². The molecule has 2 aromatic rings. The summed E-state index contributed by atoms with van der Waals surface area (Å²) >= 11 is 0.607. The highest BCUT2D eigenvalue weighted by atomic mass is 32.2. The molecule has 1 heterocycles. The molecule has 0 aliphatic heterocycles. The lowest BCUT2D eigenvalue weighted by atomic mass is 10.1. The molecule has 2 rings (SSSR count). The minimum Gasteiger partial charge on any atom is -0.502 e. The fourth-order valence-electron chi connectivity index (χ4n) is 1.72. The number of carboxylic acids is 1. The minimum absolute atomic E-state index is 0.0607. The van der Waals surface area contributed by atoms with E-state index in [1.807, 2.05) is 0 Å². The maximum absolute atomic E-state index is 11.4. The second kappa shape index (κ2) is 6.96. The van der Waals surface area contributed by atoms with Crippen LogP contribution in [-0.4, -0.2) is 41.2 Å². The van der Waals surface area contributed by atoms with E-state index in [9.17, 15) is 35.2 Å². The van der Waals surface area contributed by atoms with Gasteiger partial charge in [0.05, 0.1) is 15.9 Å². The Bertz CT molecular complexity index is 907. The number of carbonyl (C=O) groups is 1. The average Bonchev–Trinajstić information content (AvgIpc) is 2.92. The van der Waals surface area contributed by atoms with Gasteiger partial charge in [0, 0.05) is 11.6 Å². The van der Waals surface area contributed by atoms with Crippen LogP contribution in [-0.2, 0) is 4.79 Å². The summed E-state index contributed by atoms with van der Waals surface area (Å²) in [5, 5.41) is 47.3. The molecule has 0 saturated heterocycles. The van der Waals surface area contributed by atoms with Crippen LogP contribution < -0.4 is 0 Å². The van der Waals surface area contributed by atoms with E-state index in [2.05, 4.69) is 15.2 Å². The standard InChI is InChI=1S/C12H9N5O7S/c1-5-13-12(15-14-5)25-9(11(19)20)3-6-2-7(16(21)22)4-8(10(6)18)17(23)24/h2-4,18H,1H3,(H,19,20)(H,13,14,15)/b9-3-. The van der Waals surface area contributed by atoms with Crippen LogP contribution in [0.15, 0.2) is 22.2 Å². The number of nitro groups is 2. The first-order valence-electron chi connectivity index (χ1n) is 6.36. The molecule has 130 valence electrons. The Morgan fingerprint density at radius 3 is 2.48 bits per heavy atom. The topological polar surface area (TPSA) is 185 Å². The van der Waals surface area contributed by atoms with Crippen LogP contribution in [0.3, 0.4) is 0 Å². The zero-order valence-corrected chi connectivity index (χ0v) is 13.2. The van der Waals surface area contributed by atoms with E-state index in [-0.39, 0.29) is 5.16 Å². The van der Waals surface area contributed by atoms with Crippen molar-refractivity contribution in [2.75, 3.05) is 0 Å². The highest BCUT2D eigenvalue weighted by Gasteiger charge is 2.24. The number of aromatic hydroxyl groups is 1. The maximum Gasteiger partial charge on any atom is 0.342 e. The van der Waals surface area contributed by atoms with Gasteiger partial charge in [0.25, 0.3) is 5.69 Å². The van der Waals surface area contributed by atoms with E-state index in [0.29, 0.717) is 23.7 Å². The van der Waals surface area contributed by atoms with Gasteiger partial charge in [0.2, 0.25) is 10.9 Å². The average molecular weight is 367 g/mol. The number of aromatic amines is 1.